The standard InChI is InChI=1S/C23H34N4O3/c1-23(2,3)27-15-17(14-20(27)28)22(30)26-12-10-18(11-13-26)24-21(29)16-6-8-19(9-7-16)25(4)5/h6-9,17-18H,10-15H2,1-5H3,(H,24,29). The van der Waals surface area contributed by atoms with E-state index in [2.05, 4.69) is 5.32 Å². The van der Waals surface area contributed by atoms with Crippen molar-refractivity contribution in [3.63, 3.8) is 0 Å². The van der Waals surface area contributed by atoms with Crippen molar-refractivity contribution >= 4 is 23.4 Å². The predicted octanol–water partition coefficient (Wildman–Crippen LogP) is 2.12. The van der Waals surface area contributed by atoms with Gasteiger partial charge in [0.1, 0.15) is 0 Å². The Morgan fingerprint density at radius 1 is 1.07 bits per heavy atom. The Morgan fingerprint density at radius 2 is 1.67 bits per heavy atom. The topological polar surface area (TPSA) is 73.0 Å². The number of carbonyl (C=O) groups excluding carboxylic acids is 3. The lowest BCUT2D eigenvalue weighted by atomic mass is 10.0. The number of carbonyl (C=O) groups is 3. The molecule has 7 heteroatoms. The van der Waals surface area contributed by atoms with Crippen molar-refractivity contribution in [2.24, 2.45) is 5.92 Å². The molecule has 1 atom stereocenters. The van der Waals surface area contributed by atoms with Gasteiger partial charge in [-0.05, 0) is 57.9 Å². The molecule has 0 spiro atoms. The molecule has 0 aliphatic carbocycles. The summed E-state index contributed by atoms with van der Waals surface area (Å²) in [5.74, 6) is -0.201. The lowest BCUT2D eigenvalue weighted by molar-refractivity contribution is -0.136. The van der Waals surface area contributed by atoms with Gasteiger partial charge in [0.25, 0.3) is 5.91 Å². The van der Waals surface area contributed by atoms with E-state index < -0.39 is 0 Å². The molecule has 3 rings (SSSR count). The average Bonchev–Trinajstić information content (AvgIpc) is 3.10. The summed E-state index contributed by atoms with van der Waals surface area (Å²) in [5.41, 5.74) is 1.44. The predicted molar refractivity (Wildman–Crippen MR) is 117 cm³/mol. The number of likely N-dealkylation sites (tertiary alicyclic amines) is 2. The fourth-order valence-electron chi connectivity index (χ4n) is 4.20. The molecule has 2 fully saturated rings. The molecule has 2 saturated heterocycles. The van der Waals surface area contributed by atoms with Crippen molar-refractivity contribution in [3.8, 4) is 0 Å². The summed E-state index contributed by atoms with van der Waals surface area (Å²) in [6, 6.07) is 7.59. The van der Waals surface area contributed by atoms with Gasteiger partial charge in [0.05, 0.1) is 5.92 Å². The van der Waals surface area contributed by atoms with Gasteiger partial charge in [0, 0.05) is 63.0 Å². The summed E-state index contributed by atoms with van der Waals surface area (Å²) in [6.07, 6.45) is 1.77. The Labute approximate surface area is 179 Å². The quantitative estimate of drug-likeness (QED) is 0.819. The third-order valence-corrected chi connectivity index (χ3v) is 6.07. The first-order valence-corrected chi connectivity index (χ1v) is 10.7. The van der Waals surface area contributed by atoms with Crippen LogP contribution < -0.4 is 10.2 Å². The van der Waals surface area contributed by atoms with E-state index in [4.69, 9.17) is 0 Å². The normalized spacial score (nSPS) is 20.4. The van der Waals surface area contributed by atoms with Gasteiger partial charge < -0.3 is 20.0 Å². The molecule has 1 aromatic carbocycles. The monoisotopic (exact) mass is 414 g/mol. The molecule has 30 heavy (non-hydrogen) atoms. The molecule has 1 N–H and O–H groups in total. The van der Waals surface area contributed by atoms with Crippen LogP contribution in [-0.4, -0.2) is 72.8 Å². The van der Waals surface area contributed by atoms with Crippen molar-refractivity contribution in [3.05, 3.63) is 29.8 Å². The van der Waals surface area contributed by atoms with Crippen LogP contribution in [-0.2, 0) is 9.59 Å². The van der Waals surface area contributed by atoms with E-state index in [0.717, 1.165) is 18.5 Å². The molecule has 164 valence electrons. The van der Waals surface area contributed by atoms with E-state index in [9.17, 15) is 14.4 Å². The SMILES string of the molecule is CN(C)c1ccc(C(=O)NC2CCN(C(=O)C3CC(=O)N(C(C)(C)C)C3)CC2)cc1. The number of piperidine rings is 1. The molecule has 0 radical (unpaired) electrons. The number of nitrogens with zero attached hydrogens (tertiary/aromatic N) is 3. The van der Waals surface area contributed by atoms with Crippen molar-refractivity contribution in [1.29, 1.82) is 0 Å². The minimum Gasteiger partial charge on any atom is -0.378 e. The lowest BCUT2D eigenvalue weighted by Gasteiger charge is -2.35. The highest BCUT2D eigenvalue weighted by Crippen LogP contribution is 2.28. The third kappa shape index (κ3) is 4.94. The molecule has 1 aromatic rings. The number of hydrogen-bond donors (Lipinski definition) is 1. The Morgan fingerprint density at radius 3 is 2.17 bits per heavy atom. The highest BCUT2D eigenvalue weighted by atomic mass is 16.2. The Bertz CT molecular complexity index is 790. The van der Waals surface area contributed by atoms with E-state index in [1.165, 1.54) is 0 Å². The second-order valence-electron chi connectivity index (χ2n) is 9.59. The minimum absolute atomic E-state index is 0.0586. The van der Waals surface area contributed by atoms with Gasteiger partial charge in [0.15, 0.2) is 0 Å². The van der Waals surface area contributed by atoms with Crippen LogP contribution in [0.4, 0.5) is 5.69 Å². The summed E-state index contributed by atoms with van der Waals surface area (Å²) in [7, 11) is 3.93. The van der Waals surface area contributed by atoms with Gasteiger partial charge >= 0.3 is 0 Å². The number of rotatable bonds is 4. The number of nitrogens with one attached hydrogen (secondary N) is 1. The summed E-state index contributed by atoms with van der Waals surface area (Å²) in [4.78, 5) is 43.4. The maximum Gasteiger partial charge on any atom is 0.251 e. The first kappa shape index (κ1) is 22.1. The van der Waals surface area contributed by atoms with E-state index in [-0.39, 0.29) is 35.2 Å². The van der Waals surface area contributed by atoms with Crippen LogP contribution in [0.3, 0.4) is 0 Å². The summed E-state index contributed by atoms with van der Waals surface area (Å²) in [6.45, 7) is 7.73. The number of amides is 3. The van der Waals surface area contributed by atoms with Crippen LogP contribution in [0.1, 0.15) is 50.4 Å². The molecule has 0 bridgehead atoms. The largest absolute Gasteiger partial charge is 0.378 e. The van der Waals surface area contributed by atoms with E-state index in [1.54, 1.807) is 0 Å². The molecule has 3 amide bonds. The van der Waals surface area contributed by atoms with Crippen LogP contribution in [0, 0.1) is 5.92 Å². The van der Waals surface area contributed by atoms with Crippen LogP contribution in [0.25, 0.3) is 0 Å². The molecule has 2 aliphatic rings. The zero-order valence-electron chi connectivity index (χ0n) is 18.8. The average molecular weight is 415 g/mol. The molecular weight excluding hydrogens is 380 g/mol. The Hall–Kier alpha value is -2.57. The molecule has 1 unspecified atom stereocenters. The Balaban J connectivity index is 1.49. The van der Waals surface area contributed by atoms with E-state index >= 15 is 0 Å². The zero-order valence-corrected chi connectivity index (χ0v) is 18.8. The van der Waals surface area contributed by atoms with Crippen LogP contribution in [0.2, 0.25) is 0 Å². The number of anilines is 1. The van der Waals surface area contributed by atoms with Crippen molar-refractivity contribution in [2.75, 3.05) is 38.6 Å². The molecule has 2 aliphatic heterocycles. The van der Waals surface area contributed by atoms with E-state index in [1.807, 2.05) is 73.8 Å². The molecule has 0 aromatic heterocycles. The zero-order chi connectivity index (χ0) is 22.1. The summed E-state index contributed by atoms with van der Waals surface area (Å²) >= 11 is 0. The smallest absolute Gasteiger partial charge is 0.251 e. The van der Waals surface area contributed by atoms with Crippen LogP contribution >= 0.6 is 0 Å². The van der Waals surface area contributed by atoms with Crippen LogP contribution in [0.5, 0.6) is 0 Å². The van der Waals surface area contributed by atoms with Crippen molar-refractivity contribution in [1.82, 2.24) is 15.1 Å². The number of benzene rings is 1. The first-order chi connectivity index (χ1) is 14.1. The van der Waals surface area contributed by atoms with E-state index in [0.29, 0.717) is 31.6 Å². The highest BCUT2D eigenvalue weighted by Gasteiger charge is 2.41. The molecular formula is C23H34N4O3. The van der Waals surface area contributed by atoms with Crippen molar-refractivity contribution in [2.45, 2.75) is 51.6 Å². The lowest BCUT2D eigenvalue weighted by Crippen LogP contribution is -2.48. The molecule has 2 heterocycles. The summed E-state index contributed by atoms with van der Waals surface area (Å²) in [5, 5.41) is 3.09. The van der Waals surface area contributed by atoms with Gasteiger partial charge in [0.2, 0.25) is 11.8 Å². The second-order valence-corrected chi connectivity index (χ2v) is 9.59. The first-order valence-electron chi connectivity index (χ1n) is 10.7. The Kier molecular flexibility index (Phi) is 6.38. The number of hydrogen-bond acceptors (Lipinski definition) is 4. The molecule has 0 saturated carbocycles. The fourth-order valence-corrected chi connectivity index (χ4v) is 4.20. The molecule has 7 nitrogen and oxygen atoms in total. The maximum atomic E-state index is 12.9. The van der Waals surface area contributed by atoms with Crippen molar-refractivity contribution < 1.29 is 14.4 Å². The van der Waals surface area contributed by atoms with Crippen LogP contribution in [0.15, 0.2) is 24.3 Å². The van der Waals surface area contributed by atoms with Gasteiger partial charge in [-0.3, -0.25) is 14.4 Å². The third-order valence-electron chi connectivity index (χ3n) is 6.07. The van der Waals surface area contributed by atoms with Gasteiger partial charge in [-0.15, -0.1) is 0 Å². The highest BCUT2D eigenvalue weighted by molar-refractivity contribution is 5.94. The van der Waals surface area contributed by atoms with Gasteiger partial charge in [-0.25, -0.2) is 0 Å². The summed E-state index contributed by atoms with van der Waals surface area (Å²) < 4.78 is 0. The maximum absolute atomic E-state index is 12.9. The van der Waals surface area contributed by atoms with Gasteiger partial charge in [-0.1, -0.05) is 0 Å². The second kappa shape index (κ2) is 8.66. The fraction of sp³-hybridized carbons (Fsp3) is 0.609. The minimum atomic E-state index is -0.256. The van der Waals surface area contributed by atoms with Gasteiger partial charge in [-0.2, -0.15) is 0 Å².